The molecule has 14 heavy (non-hydrogen) atoms. The van der Waals surface area contributed by atoms with Crippen LogP contribution in [0.3, 0.4) is 0 Å². The maximum Gasteiger partial charge on any atom is 0.266 e. The molecule has 0 radical (unpaired) electrons. The van der Waals surface area contributed by atoms with Crippen molar-refractivity contribution in [1.29, 1.82) is 0 Å². The predicted molar refractivity (Wildman–Crippen MR) is 54.0 cm³/mol. The molecule has 9 heteroatoms. The van der Waals surface area contributed by atoms with E-state index < -0.39 is 10.1 Å². The van der Waals surface area contributed by atoms with Gasteiger partial charge in [0.25, 0.3) is 10.1 Å². The van der Waals surface area contributed by atoms with Gasteiger partial charge in [-0.15, -0.1) is 10.2 Å². The number of nitrogen functional groups attached to an aromatic ring is 1. The van der Waals surface area contributed by atoms with Crippen molar-refractivity contribution in [2.24, 2.45) is 0 Å². The van der Waals surface area contributed by atoms with Crippen molar-refractivity contribution in [2.75, 3.05) is 30.0 Å². The van der Waals surface area contributed by atoms with Crippen LogP contribution in [0.4, 0.5) is 10.3 Å². The van der Waals surface area contributed by atoms with E-state index in [9.17, 15) is 8.42 Å². The van der Waals surface area contributed by atoms with Crippen LogP contribution in [0.25, 0.3) is 0 Å². The minimum Gasteiger partial charge on any atom is -0.374 e. The number of nitrogens with two attached hydrogens (primary N) is 1. The zero-order chi connectivity index (χ0) is 10.8. The normalized spacial score (nSPS) is 11.6. The predicted octanol–water partition coefficient (Wildman–Crippen LogP) is -0.556. The molecule has 0 aliphatic carbocycles. The average molecular weight is 238 g/mol. The molecule has 0 fully saturated rings. The standard InChI is InChI=1S/C5H10N4O3S2/c1-9(2-3-14(10,11)12)5-8-7-4(6)13-5/h2-3H2,1H3,(H2,6,7)(H,10,11,12). The molecule has 0 aromatic carbocycles. The Kier molecular flexibility index (Phi) is 3.24. The van der Waals surface area contributed by atoms with Crippen LogP contribution in [-0.2, 0) is 10.1 Å². The Bertz CT molecular complexity index is 401. The first-order valence-electron chi connectivity index (χ1n) is 3.64. The summed E-state index contributed by atoms with van der Waals surface area (Å²) in [6, 6.07) is 0. The number of hydrogen-bond acceptors (Lipinski definition) is 7. The number of aromatic nitrogens is 2. The van der Waals surface area contributed by atoms with E-state index in [1.54, 1.807) is 11.9 Å². The van der Waals surface area contributed by atoms with Crippen LogP contribution < -0.4 is 10.6 Å². The number of rotatable bonds is 4. The van der Waals surface area contributed by atoms with Gasteiger partial charge < -0.3 is 10.6 Å². The van der Waals surface area contributed by atoms with Gasteiger partial charge in [-0.2, -0.15) is 8.42 Å². The van der Waals surface area contributed by atoms with Gasteiger partial charge in [-0.3, -0.25) is 4.55 Å². The van der Waals surface area contributed by atoms with E-state index in [-0.39, 0.29) is 12.3 Å². The van der Waals surface area contributed by atoms with Gasteiger partial charge in [-0.1, -0.05) is 11.3 Å². The van der Waals surface area contributed by atoms with Crippen molar-refractivity contribution < 1.29 is 13.0 Å². The minimum atomic E-state index is -3.94. The molecule has 3 N–H and O–H groups in total. The van der Waals surface area contributed by atoms with Gasteiger partial charge in [0, 0.05) is 13.6 Å². The molecule has 1 rings (SSSR count). The van der Waals surface area contributed by atoms with E-state index in [1.807, 2.05) is 0 Å². The number of anilines is 2. The van der Waals surface area contributed by atoms with Crippen molar-refractivity contribution in [3.63, 3.8) is 0 Å². The van der Waals surface area contributed by atoms with Crippen LogP contribution in [0.2, 0.25) is 0 Å². The quantitative estimate of drug-likeness (QED) is 0.677. The Balaban J connectivity index is 2.55. The van der Waals surface area contributed by atoms with Gasteiger partial charge in [-0.25, -0.2) is 0 Å². The topological polar surface area (TPSA) is 109 Å². The molecule has 0 bridgehead atoms. The van der Waals surface area contributed by atoms with Gasteiger partial charge in [0.15, 0.2) is 0 Å². The lowest BCUT2D eigenvalue weighted by molar-refractivity contribution is 0.483. The molecule has 0 amide bonds. The lowest BCUT2D eigenvalue weighted by atomic mass is 10.7. The molecule has 1 heterocycles. The third-order valence-corrected chi connectivity index (χ3v) is 3.01. The molecule has 0 saturated heterocycles. The van der Waals surface area contributed by atoms with E-state index in [0.29, 0.717) is 10.3 Å². The summed E-state index contributed by atoms with van der Waals surface area (Å²) in [4.78, 5) is 1.56. The molecule has 1 aromatic rings. The first kappa shape index (κ1) is 11.1. The Labute approximate surface area is 85.3 Å². The molecule has 1 aromatic heterocycles. The fraction of sp³-hybridized carbons (Fsp3) is 0.600. The molecular weight excluding hydrogens is 228 g/mol. The highest BCUT2D eigenvalue weighted by Crippen LogP contribution is 2.19. The summed E-state index contributed by atoms with van der Waals surface area (Å²) in [6.45, 7) is 0.146. The van der Waals surface area contributed by atoms with Gasteiger partial charge in [-0.05, 0) is 0 Å². The second-order valence-electron chi connectivity index (χ2n) is 2.63. The smallest absolute Gasteiger partial charge is 0.266 e. The van der Waals surface area contributed by atoms with Gasteiger partial charge in [0.2, 0.25) is 10.3 Å². The molecule has 0 unspecified atom stereocenters. The highest BCUT2D eigenvalue weighted by Gasteiger charge is 2.10. The zero-order valence-corrected chi connectivity index (χ0v) is 9.05. The molecule has 0 saturated carbocycles. The number of nitrogens with zero attached hydrogens (tertiary/aromatic N) is 3. The van der Waals surface area contributed by atoms with Crippen LogP contribution in [0.5, 0.6) is 0 Å². The largest absolute Gasteiger partial charge is 0.374 e. The van der Waals surface area contributed by atoms with Crippen molar-refractivity contribution >= 4 is 31.7 Å². The summed E-state index contributed by atoms with van der Waals surface area (Å²) >= 11 is 1.15. The van der Waals surface area contributed by atoms with Crippen molar-refractivity contribution in [3.05, 3.63) is 0 Å². The van der Waals surface area contributed by atoms with Crippen LogP contribution in [-0.4, -0.2) is 42.5 Å². The van der Waals surface area contributed by atoms with E-state index in [2.05, 4.69) is 10.2 Å². The first-order chi connectivity index (χ1) is 6.38. The third-order valence-electron chi connectivity index (χ3n) is 1.44. The lowest BCUT2D eigenvalue weighted by Crippen LogP contribution is -2.24. The minimum absolute atomic E-state index is 0.146. The lowest BCUT2D eigenvalue weighted by Gasteiger charge is -2.12. The Morgan fingerprint density at radius 3 is 2.64 bits per heavy atom. The average Bonchev–Trinajstić information content (AvgIpc) is 2.46. The van der Waals surface area contributed by atoms with Crippen LogP contribution in [0.15, 0.2) is 0 Å². The first-order valence-corrected chi connectivity index (χ1v) is 6.06. The van der Waals surface area contributed by atoms with E-state index in [4.69, 9.17) is 10.3 Å². The Morgan fingerprint density at radius 1 is 1.57 bits per heavy atom. The van der Waals surface area contributed by atoms with Crippen molar-refractivity contribution in [2.45, 2.75) is 0 Å². The highest BCUT2D eigenvalue weighted by molar-refractivity contribution is 7.85. The highest BCUT2D eigenvalue weighted by atomic mass is 32.2. The molecule has 0 aliphatic rings. The second-order valence-corrected chi connectivity index (χ2v) is 5.19. The fourth-order valence-corrected chi connectivity index (χ4v) is 1.83. The maximum absolute atomic E-state index is 10.4. The van der Waals surface area contributed by atoms with Crippen molar-refractivity contribution in [3.8, 4) is 0 Å². The molecular formula is C5H10N4O3S2. The van der Waals surface area contributed by atoms with Crippen molar-refractivity contribution in [1.82, 2.24) is 10.2 Å². The summed E-state index contributed by atoms with van der Waals surface area (Å²) in [6.07, 6.45) is 0. The zero-order valence-electron chi connectivity index (χ0n) is 7.41. The monoisotopic (exact) mass is 238 g/mol. The summed E-state index contributed by atoms with van der Waals surface area (Å²) in [5.74, 6) is -0.344. The molecule has 7 nitrogen and oxygen atoms in total. The molecule has 0 aliphatic heterocycles. The van der Waals surface area contributed by atoms with Crippen LogP contribution in [0.1, 0.15) is 0 Å². The van der Waals surface area contributed by atoms with E-state index in [0.717, 1.165) is 11.3 Å². The summed E-state index contributed by atoms with van der Waals surface area (Å²) in [5, 5.41) is 8.12. The summed E-state index contributed by atoms with van der Waals surface area (Å²) in [7, 11) is -2.29. The van der Waals surface area contributed by atoms with E-state index >= 15 is 0 Å². The van der Waals surface area contributed by atoms with Crippen LogP contribution in [0, 0.1) is 0 Å². The fourth-order valence-electron chi connectivity index (χ4n) is 0.729. The second kappa shape index (κ2) is 4.07. The molecule has 80 valence electrons. The van der Waals surface area contributed by atoms with Gasteiger partial charge >= 0.3 is 0 Å². The maximum atomic E-state index is 10.4. The third kappa shape index (κ3) is 3.44. The van der Waals surface area contributed by atoms with Gasteiger partial charge in [0.1, 0.15) is 0 Å². The Hall–Kier alpha value is -0.930. The van der Waals surface area contributed by atoms with E-state index in [1.165, 1.54) is 0 Å². The SMILES string of the molecule is CN(CCS(=O)(=O)O)c1nnc(N)s1. The summed E-state index contributed by atoms with van der Waals surface area (Å²) < 4.78 is 29.4. The number of hydrogen-bond donors (Lipinski definition) is 2. The molecule has 0 spiro atoms. The Morgan fingerprint density at radius 2 is 2.21 bits per heavy atom. The molecule has 0 atom stereocenters. The summed E-state index contributed by atoms with van der Waals surface area (Å²) in [5.41, 5.74) is 5.35. The van der Waals surface area contributed by atoms with Crippen LogP contribution >= 0.6 is 11.3 Å². The van der Waals surface area contributed by atoms with Gasteiger partial charge in [0.05, 0.1) is 5.75 Å².